The molecular formula is C18H32N2O. The molecule has 120 valence electrons. The van der Waals surface area contributed by atoms with Crippen LogP contribution >= 0.6 is 0 Å². The summed E-state index contributed by atoms with van der Waals surface area (Å²) < 4.78 is 5.89. The van der Waals surface area contributed by atoms with Crippen molar-refractivity contribution < 1.29 is 4.74 Å². The second kappa shape index (κ2) is 5.82. The summed E-state index contributed by atoms with van der Waals surface area (Å²) >= 11 is 0. The smallest absolute Gasteiger partial charge is 0.0678 e. The Hall–Kier alpha value is -0.120. The molecule has 2 saturated heterocycles. The molecular weight excluding hydrogens is 260 g/mol. The molecule has 0 amide bonds. The lowest BCUT2D eigenvalue weighted by Gasteiger charge is -2.45. The molecule has 0 N–H and O–H groups in total. The average molecular weight is 292 g/mol. The van der Waals surface area contributed by atoms with Crippen LogP contribution in [0.1, 0.15) is 52.4 Å². The van der Waals surface area contributed by atoms with E-state index in [1.807, 2.05) is 0 Å². The summed E-state index contributed by atoms with van der Waals surface area (Å²) in [6, 6.07) is 1.76. The van der Waals surface area contributed by atoms with Crippen LogP contribution < -0.4 is 0 Å². The first kappa shape index (κ1) is 14.5. The van der Waals surface area contributed by atoms with Gasteiger partial charge in [0, 0.05) is 25.2 Å². The van der Waals surface area contributed by atoms with Crippen LogP contribution in [0.15, 0.2) is 0 Å². The Morgan fingerprint density at radius 2 is 1.52 bits per heavy atom. The van der Waals surface area contributed by atoms with E-state index in [1.54, 1.807) is 6.42 Å². The highest BCUT2D eigenvalue weighted by atomic mass is 16.5. The van der Waals surface area contributed by atoms with Gasteiger partial charge >= 0.3 is 0 Å². The highest BCUT2D eigenvalue weighted by Gasteiger charge is 2.43. The van der Waals surface area contributed by atoms with Crippen molar-refractivity contribution in [2.75, 3.05) is 26.2 Å². The Kier molecular flexibility index (Phi) is 4.01. The number of hydrogen-bond acceptors (Lipinski definition) is 3. The Morgan fingerprint density at radius 3 is 2.10 bits per heavy atom. The third-order valence-corrected chi connectivity index (χ3v) is 6.63. The maximum atomic E-state index is 5.89. The zero-order chi connectivity index (χ0) is 14.4. The first-order chi connectivity index (χ1) is 10.2. The molecule has 4 rings (SSSR count). The summed E-state index contributed by atoms with van der Waals surface area (Å²) in [5, 5.41) is 0. The first-order valence-corrected chi connectivity index (χ1v) is 9.32. The van der Waals surface area contributed by atoms with Crippen molar-refractivity contribution in [3.63, 3.8) is 0 Å². The maximum absolute atomic E-state index is 5.89. The number of nitrogens with zero attached hydrogens (tertiary/aromatic N) is 2. The molecule has 0 spiro atoms. The summed E-state index contributed by atoms with van der Waals surface area (Å²) in [5.74, 6) is 2.13. The number of ether oxygens (including phenoxy) is 1. The molecule has 2 saturated carbocycles. The number of hydrogen-bond donors (Lipinski definition) is 0. The van der Waals surface area contributed by atoms with E-state index < -0.39 is 0 Å². The van der Waals surface area contributed by atoms with Crippen molar-refractivity contribution in [3.8, 4) is 0 Å². The third kappa shape index (κ3) is 2.89. The number of rotatable bonds is 2. The lowest BCUT2D eigenvalue weighted by Crippen LogP contribution is -2.54. The minimum atomic E-state index is 0.414. The Balaban J connectivity index is 1.30. The molecule has 0 aromatic carbocycles. The van der Waals surface area contributed by atoms with Crippen LogP contribution in [0.5, 0.6) is 0 Å². The van der Waals surface area contributed by atoms with Gasteiger partial charge in [-0.1, -0.05) is 6.42 Å². The van der Waals surface area contributed by atoms with Crippen LogP contribution in [-0.4, -0.2) is 60.3 Å². The van der Waals surface area contributed by atoms with Gasteiger partial charge in [-0.3, -0.25) is 9.80 Å². The Labute approximate surface area is 130 Å². The summed E-state index contributed by atoms with van der Waals surface area (Å²) in [6.45, 7) is 9.43. The SMILES string of the molecule is CC1CN(C2CCN(C3CC4CCC3C4)CC2)CC(C)O1. The van der Waals surface area contributed by atoms with Gasteiger partial charge in [0.15, 0.2) is 0 Å². The van der Waals surface area contributed by atoms with E-state index in [1.165, 1.54) is 45.2 Å². The predicted molar refractivity (Wildman–Crippen MR) is 85.4 cm³/mol. The molecule has 3 heteroatoms. The minimum absolute atomic E-state index is 0.414. The Morgan fingerprint density at radius 1 is 0.810 bits per heavy atom. The molecule has 0 aromatic heterocycles. The van der Waals surface area contributed by atoms with Crippen LogP contribution in [0, 0.1) is 11.8 Å². The first-order valence-electron chi connectivity index (χ1n) is 9.32. The molecule has 2 bridgehead atoms. The van der Waals surface area contributed by atoms with E-state index in [9.17, 15) is 0 Å². The quantitative estimate of drug-likeness (QED) is 0.778. The molecule has 0 aromatic rings. The fourth-order valence-electron chi connectivity index (χ4n) is 5.76. The van der Waals surface area contributed by atoms with E-state index in [0.717, 1.165) is 37.0 Å². The van der Waals surface area contributed by atoms with Gasteiger partial charge in [-0.05, 0) is 70.9 Å². The van der Waals surface area contributed by atoms with Crippen molar-refractivity contribution in [2.24, 2.45) is 11.8 Å². The number of fused-ring (bicyclic) bond motifs is 2. The summed E-state index contributed by atoms with van der Waals surface area (Å²) in [7, 11) is 0. The van der Waals surface area contributed by atoms with Crippen molar-refractivity contribution >= 4 is 0 Å². The zero-order valence-electron chi connectivity index (χ0n) is 13.8. The number of morpholine rings is 1. The molecule has 2 aliphatic carbocycles. The largest absolute Gasteiger partial charge is 0.373 e. The minimum Gasteiger partial charge on any atom is -0.373 e. The molecule has 21 heavy (non-hydrogen) atoms. The molecule has 4 aliphatic rings. The monoisotopic (exact) mass is 292 g/mol. The van der Waals surface area contributed by atoms with E-state index in [-0.39, 0.29) is 0 Å². The van der Waals surface area contributed by atoms with Crippen LogP contribution in [0.2, 0.25) is 0 Å². The second-order valence-corrected chi connectivity index (χ2v) is 8.22. The van der Waals surface area contributed by atoms with Gasteiger partial charge in [0.05, 0.1) is 12.2 Å². The van der Waals surface area contributed by atoms with Gasteiger partial charge in [0.1, 0.15) is 0 Å². The van der Waals surface area contributed by atoms with Gasteiger partial charge < -0.3 is 4.74 Å². The van der Waals surface area contributed by atoms with Gasteiger partial charge in [0.2, 0.25) is 0 Å². The van der Waals surface area contributed by atoms with Crippen molar-refractivity contribution in [1.82, 2.24) is 9.80 Å². The highest BCUT2D eigenvalue weighted by molar-refractivity contribution is 4.97. The maximum Gasteiger partial charge on any atom is 0.0678 e. The van der Waals surface area contributed by atoms with Crippen LogP contribution in [0.25, 0.3) is 0 Å². The molecule has 4 fully saturated rings. The standard InChI is InChI=1S/C18H32N2O/c1-13-11-20(12-14(2)21-13)17-5-7-19(8-6-17)18-10-15-3-4-16(18)9-15/h13-18H,3-12H2,1-2H3. The molecule has 5 atom stereocenters. The molecule has 2 aliphatic heterocycles. The van der Waals surface area contributed by atoms with E-state index in [2.05, 4.69) is 23.6 Å². The normalized spacial score (nSPS) is 46.3. The second-order valence-electron chi connectivity index (χ2n) is 8.22. The highest BCUT2D eigenvalue weighted by Crippen LogP contribution is 2.47. The van der Waals surface area contributed by atoms with Crippen molar-refractivity contribution in [3.05, 3.63) is 0 Å². The lowest BCUT2D eigenvalue weighted by molar-refractivity contribution is -0.0879. The molecule has 5 unspecified atom stereocenters. The van der Waals surface area contributed by atoms with Gasteiger partial charge in [-0.15, -0.1) is 0 Å². The van der Waals surface area contributed by atoms with Crippen molar-refractivity contribution in [1.29, 1.82) is 0 Å². The number of likely N-dealkylation sites (tertiary alicyclic amines) is 1. The predicted octanol–water partition coefficient (Wildman–Crippen LogP) is 2.75. The topological polar surface area (TPSA) is 15.7 Å². The molecule has 3 nitrogen and oxygen atoms in total. The van der Waals surface area contributed by atoms with E-state index in [0.29, 0.717) is 12.2 Å². The summed E-state index contributed by atoms with van der Waals surface area (Å²) in [6.07, 6.45) is 9.70. The van der Waals surface area contributed by atoms with Crippen molar-refractivity contribution in [2.45, 2.75) is 76.7 Å². The van der Waals surface area contributed by atoms with E-state index >= 15 is 0 Å². The summed E-state index contributed by atoms with van der Waals surface area (Å²) in [4.78, 5) is 5.57. The Bertz CT molecular complexity index is 356. The fraction of sp³-hybridized carbons (Fsp3) is 1.00. The third-order valence-electron chi connectivity index (χ3n) is 6.63. The molecule has 2 heterocycles. The lowest BCUT2D eigenvalue weighted by atomic mass is 9.91. The zero-order valence-corrected chi connectivity index (χ0v) is 13.8. The average Bonchev–Trinajstić information content (AvgIpc) is 3.09. The van der Waals surface area contributed by atoms with Gasteiger partial charge in [0.25, 0.3) is 0 Å². The number of piperidine rings is 1. The van der Waals surface area contributed by atoms with Gasteiger partial charge in [-0.2, -0.15) is 0 Å². The van der Waals surface area contributed by atoms with Crippen LogP contribution in [0.4, 0.5) is 0 Å². The van der Waals surface area contributed by atoms with Crippen LogP contribution in [0.3, 0.4) is 0 Å². The fourth-order valence-corrected chi connectivity index (χ4v) is 5.76. The van der Waals surface area contributed by atoms with Gasteiger partial charge in [-0.25, -0.2) is 0 Å². The van der Waals surface area contributed by atoms with Crippen LogP contribution in [-0.2, 0) is 4.74 Å². The summed E-state index contributed by atoms with van der Waals surface area (Å²) in [5.41, 5.74) is 0. The molecule has 0 radical (unpaired) electrons. The van der Waals surface area contributed by atoms with E-state index in [4.69, 9.17) is 4.74 Å².